The topological polar surface area (TPSA) is 54.3 Å². The Morgan fingerprint density at radius 1 is 1.08 bits per heavy atom. The first kappa shape index (κ1) is 16.8. The SMILES string of the molecule is Cn1nnc2cc(C(=O)N3CCCN(c4ccccc4Cl)CC3)ccc21. The van der Waals surface area contributed by atoms with E-state index in [1.54, 1.807) is 4.68 Å². The quantitative estimate of drug-likeness (QED) is 0.697. The molecule has 0 unspecified atom stereocenters. The van der Waals surface area contributed by atoms with E-state index in [9.17, 15) is 4.79 Å². The maximum atomic E-state index is 12.9. The van der Waals surface area contributed by atoms with Crippen LogP contribution in [0.3, 0.4) is 0 Å². The molecule has 0 aliphatic carbocycles. The van der Waals surface area contributed by atoms with Crippen LogP contribution in [0, 0.1) is 0 Å². The highest BCUT2D eigenvalue weighted by Gasteiger charge is 2.22. The second kappa shape index (κ2) is 6.96. The van der Waals surface area contributed by atoms with Gasteiger partial charge in [0.1, 0.15) is 5.52 Å². The number of carbonyl (C=O) groups is 1. The Labute approximate surface area is 156 Å². The van der Waals surface area contributed by atoms with Gasteiger partial charge in [-0.15, -0.1) is 5.10 Å². The average Bonchev–Trinajstić information content (AvgIpc) is 2.87. The summed E-state index contributed by atoms with van der Waals surface area (Å²) in [6.45, 7) is 3.06. The van der Waals surface area contributed by atoms with Gasteiger partial charge in [0.2, 0.25) is 0 Å². The Morgan fingerprint density at radius 3 is 2.77 bits per heavy atom. The van der Waals surface area contributed by atoms with Crippen molar-refractivity contribution in [3.8, 4) is 0 Å². The van der Waals surface area contributed by atoms with Gasteiger partial charge in [0, 0.05) is 38.8 Å². The van der Waals surface area contributed by atoms with Crippen LogP contribution in [0.4, 0.5) is 5.69 Å². The third-order valence-corrected chi connectivity index (χ3v) is 5.15. The highest BCUT2D eigenvalue weighted by atomic mass is 35.5. The molecule has 26 heavy (non-hydrogen) atoms. The number of aromatic nitrogens is 3. The number of para-hydroxylation sites is 1. The number of fused-ring (bicyclic) bond motifs is 1. The van der Waals surface area contributed by atoms with Crippen LogP contribution in [0.15, 0.2) is 42.5 Å². The summed E-state index contributed by atoms with van der Waals surface area (Å²) in [5.41, 5.74) is 3.35. The van der Waals surface area contributed by atoms with Gasteiger partial charge < -0.3 is 9.80 Å². The summed E-state index contributed by atoms with van der Waals surface area (Å²) in [5, 5.41) is 8.85. The standard InChI is InChI=1S/C19H20ClN5O/c1-23-18-8-7-14(13-16(18)21-22-23)19(26)25-10-4-9-24(11-12-25)17-6-3-2-5-15(17)20/h2-3,5-8,13H,4,9-12H2,1H3. The fourth-order valence-corrected chi connectivity index (χ4v) is 3.68. The number of halogens is 1. The molecule has 6 nitrogen and oxygen atoms in total. The molecule has 134 valence electrons. The Hall–Kier alpha value is -2.60. The normalized spacial score (nSPS) is 15.3. The zero-order valence-electron chi connectivity index (χ0n) is 14.6. The number of nitrogens with zero attached hydrogens (tertiary/aromatic N) is 5. The van der Waals surface area contributed by atoms with Crippen molar-refractivity contribution in [3.63, 3.8) is 0 Å². The third-order valence-electron chi connectivity index (χ3n) is 4.83. The number of amides is 1. The summed E-state index contributed by atoms with van der Waals surface area (Å²) in [6.07, 6.45) is 0.907. The van der Waals surface area contributed by atoms with Crippen molar-refractivity contribution in [3.05, 3.63) is 53.1 Å². The molecule has 1 aliphatic heterocycles. The Balaban J connectivity index is 1.51. The summed E-state index contributed by atoms with van der Waals surface area (Å²) in [7, 11) is 1.84. The number of hydrogen-bond acceptors (Lipinski definition) is 4. The van der Waals surface area contributed by atoms with E-state index >= 15 is 0 Å². The van der Waals surface area contributed by atoms with E-state index in [-0.39, 0.29) is 5.91 Å². The summed E-state index contributed by atoms with van der Waals surface area (Å²) in [6, 6.07) is 13.4. The van der Waals surface area contributed by atoms with Crippen molar-refractivity contribution in [2.45, 2.75) is 6.42 Å². The molecule has 1 fully saturated rings. The average molecular weight is 370 g/mol. The van der Waals surface area contributed by atoms with Gasteiger partial charge in [-0.1, -0.05) is 28.9 Å². The molecule has 1 aromatic heterocycles. The van der Waals surface area contributed by atoms with Crippen LogP contribution in [-0.2, 0) is 7.05 Å². The molecule has 0 bridgehead atoms. The number of hydrogen-bond donors (Lipinski definition) is 0. The third kappa shape index (κ3) is 3.12. The lowest BCUT2D eigenvalue weighted by Gasteiger charge is -2.24. The van der Waals surface area contributed by atoms with E-state index in [2.05, 4.69) is 15.2 Å². The number of rotatable bonds is 2. The van der Waals surface area contributed by atoms with Crippen LogP contribution in [0.1, 0.15) is 16.8 Å². The Kier molecular flexibility index (Phi) is 4.51. The van der Waals surface area contributed by atoms with Crippen LogP contribution in [0.2, 0.25) is 5.02 Å². The molecule has 0 N–H and O–H groups in total. The van der Waals surface area contributed by atoms with Crippen molar-refractivity contribution in [1.29, 1.82) is 0 Å². The molecule has 1 amide bonds. The Bertz CT molecular complexity index is 954. The molecule has 0 radical (unpaired) electrons. The summed E-state index contributed by atoms with van der Waals surface area (Å²) < 4.78 is 1.71. The number of carbonyl (C=O) groups excluding carboxylic acids is 1. The van der Waals surface area contributed by atoms with Gasteiger partial charge in [-0.25, -0.2) is 4.68 Å². The van der Waals surface area contributed by atoms with Crippen LogP contribution >= 0.6 is 11.6 Å². The lowest BCUT2D eigenvalue weighted by Crippen LogP contribution is -2.35. The van der Waals surface area contributed by atoms with Crippen LogP contribution < -0.4 is 4.90 Å². The molecular weight excluding hydrogens is 350 g/mol. The molecule has 7 heteroatoms. The fraction of sp³-hybridized carbons (Fsp3) is 0.316. The highest BCUT2D eigenvalue weighted by molar-refractivity contribution is 6.33. The summed E-state index contributed by atoms with van der Waals surface area (Å²) in [4.78, 5) is 17.1. The molecule has 1 aliphatic rings. The van der Waals surface area contributed by atoms with Gasteiger partial charge in [-0.2, -0.15) is 0 Å². The zero-order valence-corrected chi connectivity index (χ0v) is 15.4. The lowest BCUT2D eigenvalue weighted by molar-refractivity contribution is 0.0767. The fourth-order valence-electron chi connectivity index (χ4n) is 3.43. The maximum Gasteiger partial charge on any atom is 0.253 e. The van der Waals surface area contributed by atoms with Crippen LogP contribution in [-0.4, -0.2) is 52.0 Å². The van der Waals surface area contributed by atoms with Crippen LogP contribution in [0.5, 0.6) is 0 Å². The van der Waals surface area contributed by atoms with Gasteiger partial charge >= 0.3 is 0 Å². The predicted octanol–water partition coefficient (Wildman–Crippen LogP) is 2.97. The smallest absolute Gasteiger partial charge is 0.253 e. The molecule has 0 saturated carbocycles. The van der Waals surface area contributed by atoms with Gasteiger partial charge in [0.25, 0.3) is 5.91 Å². The first-order valence-electron chi connectivity index (χ1n) is 8.72. The summed E-state index contributed by atoms with van der Waals surface area (Å²) >= 11 is 6.33. The van der Waals surface area contributed by atoms with E-state index in [1.807, 2.05) is 54.4 Å². The van der Waals surface area contributed by atoms with E-state index in [0.29, 0.717) is 12.1 Å². The number of aryl methyl sites for hydroxylation is 1. The molecular formula is C19H20ClN5O. The minimum absolute atomic E-state index is 0.0403. The number of anilines is 1. The molecule has 0 atom stereocenters. The minimum atomic E-state index is 0.0403. The van der Waals surface area contributed by atoms with Gasteiger partial charge in [-0.3, -0.25) is 4.79 Å². The van der Waals surface area contributed by atoms with E-state index in [0.717, 1.165) is 47.8 Å². The largest absolute Gasteiger partial charge is 0.368 e. The van der Waals surface area contributed by atoms with E-state index in [1.165, 1.54) is 0 Å². The van der Waals surface area contributed by atoms with Crippen molar-refractivity contribution in [2.24, 2.45) is 7.05 Å². The zero-order chi connectivity index (χ0) is 18.1. The number of benzene rings is 2. The maximum absolute atomic E-state index is 12.9. The summed E-state index contributed by atoms with van der Waals surface area (Å²) in [5.74, 6) is 0.0403. The lowest BCUT2D eigenvalue weighted by atomic mass is 10.1. The first-order valence-corrected chi connectivity index (χ1v) is 9.09. The van der Waals surface area contributed by atoms with Crippen LogP contribution in [0.25, 0.3) is 11.0 Å². The molecule has 1 saturated heterocycles. The second-order valence-corrected chi connectivity index (χ2v) is 6.91. The van der Waals surface area contributed by atoms with Crippen molar-refractivity contribution in [1.82, 2.24) is 19.9 Å². The highest BCUT2D eigenvalue weighted by Crippen LogP contribution is 2.26. The predicted molar refractivity (Wildman–Crippen MR) is 103 cm³/mol. The second-order valence-electron chi connectivity index (χ2n) is 6.50. The van der Waals surface area contributed by atoms with Crippen molar-refractivity contribution >= 4 is 34.2 Å². The molecule has 2 heterocycles. The van der Waals surface area contributed by atoms with Gasteiger partial charge in [0.15, 0.2) is 0 Å². The molecule has 3 aromatic rings. The van der Waals surface area contributed by atoms with Gasteiger partial charge in [-0.05, 0) is 36.8 Å². The molecule has 2 aromatic carbocycles. The first-order chi connectivity index (χ1) is 12.6. The van der Waals surface area contributed by atoms with Gasteiger partial charge in [0.05, 0.1) is 16.2 Å². The van der Waals surface area contributed by atoms with E-state index < -0.39 is 0 Å². The molecule has 0 spiro atoms. The minimum Gasteiger partial charge on any atom is -0.368 e. The van der Waals surface area contributed by atoms with Crippen molar-refractivity contribution in [2.75, 3.05) is 31.1 Å². The van der Waals surface area contributed by atoms with E-state index in [4.69, 9.17) is 11.6 Å². The Morgan fingerprint density at radius 2 is 1.92 bits per heavy atom. The molecule has 4 rings (SSSR count). The van der Waals surface area contributed by atoms with Crippen molar-refractivity contribution < 1.29 is 4.79 Å². The monoisotopic (exact) mass is 369 g/mol.